The van der Waals surface area contributed by atoms with E-state index >= 15 is 0 Å². The Morgan fingerprint density at radius 1 is 1.21 bits per heavy atom. The molecule has 0 bridgehead atoms. The Balaban J connectivity index is 1.37. The van der Waals surface area contributed by atoms with Gasteiger partial charge in [0.2, 0.25) is 0 Å². The number of rotatable bonds is 6. The normalized spacial score (nSPS) is 23.5. The molecule has 2 heterocycles. The standard InChI is InChI=1S/C20H32N4O3S/c1-21-20(23-18-9-12-28(25,26)15-18)22-13-16-7-10-24(11-8-16)14-17-3-5-19(27-2)6-4-17/h3-6,16,18H,7-15H2,1-2H3,(H2,21,22,23). The Bertz CT molecular complexity index is 756. The molecule has 8 heteroatoms. The highest BCUT2D eigenvalue weighted by Crippen LogP contribution is 2.20. The second-order valence-electron chi connectivity index (χ2n) is 7.77. The smallest absolute Gasteiger partial charge is 0.191 e. The van der Waals surface area contributed by atoms with E-state index in [-0.39, 0.29) is 17.5 Å². The lowest BCUT2D eigenvalue weighted by Crippen LogP contribution is -2.46. The molecule has 0 radical (unpaired) electrons. The highest BCUT2D eigenvalue weighted by Gasteiger charge is 2.28. The van der Waals surface area contributed by atoms with E-state index in [0.29, 0.717) is 18.3 Å². The molecule has 0 spiro atoms. The number of ether oxygens (including phenoxy) is 1. The highest BCUT2D eigenvalue weighted by atomic mass is 32.2. The molecular weight excluding hydrogens is 376 g/mol. The van der Waals surface area contributed by atoms with Crippen LogP contribution in [0.15, 0.2) is 29.3 Å². The molecule has 0 amide bonds. The SMILES string of the molecule is CN=C(NCC1CCN(Cc2ccc(OC)cc2)CC1)NC1CCS(=O)(=O)C1. The Labute approximate surface area is 168 Å². The highest BCUT2D eigenvalue weighted by molar-refractivity contribution is 7.91. The van der Waals surface area contributed by atoms with Crippen molar-refractivity contribution in [2.45, 2.75) is 31.8 Å². The van der Waals surface area contributed by atoms with E-state index in [0.717, 1.165) is 44.8 Å². The Morgan fingerprint density at radius 2 is 1.93 bits per heavy atom. The third-order valence-corrected chi connectivity index (χ3v) is 7.40. The number of nitrogens with zero attached hydrogens (tertiary/aromatic N) is 2. The van der Waals surface area contributed by atoms with Crippen molar-refractivity contribution in [2.24, 2.45) is 10.9 Å². The van der Waals surface area contributed by atoms with Gasteiger partial charge in [-0.3, -0.25) is 9.89 Å². The molecule has 3 rings (SSSR count). The van der Waals surface area contributed by atoms with Gasteiger partial charge in [-0.1, -0.05) is 12.1 Å². The van der Waals surface area contributed by atoms with E-state index in [9.17, 15) is 8.42 Å². The minimum absolute atomic E-state index is 0.0254. The number of piperidine rings is 1. The summed E-state index contributed by atoms with van der Waals surface area (Å²) in [6.45, 7) is 4.02. The molecule has 2 aliphatic heterocycles. The summed E-state index contributed by atoms with van der Waals surface area (Å²) < 4.78 is 28.4. The van der Waals surface area contributed by atoms with Gasteiger partial charge in [0.25, 0.3) is 0 Å². The molecule has 1 aromatic rings. The summed E-state index contributed by atoms with van der Waals surface area (Å²) in [5, 5.41) is 6.63. The number of guanidine groups is 1. The fraction of sp³-hybridized carbons (Fsp3) is 0.650. The van der Waals surface area contributed by atoms with Crippen LogP contribution in [-0.4, -0.2) is 70.6 Å². The molecule has 1 atom stereocenters. The van der Waals surface area contributed by atoms with Crippen molar-refractivity contribution in [1.82, 2.24) is 15.5 Å². The first-order chi connectivity index (χ1) is 13.5. The molecule has 0 aromatic heterocycles. The summed E-state index contributed by atoms with van der Waals surface area (Å²) in [5.41, 5.74) is 1.31. The maximum atomic E-state index is 11.6. The van der Waals surface area contributed by atoms with Gasteiger partial charge in [-0.2, -0.15) is 0 Å². The zero-order valence-electron chi connectivity index (χ0n) is 16.9. The van der Waals surface area contributed by atoms with Gasteiger partial charge in [-0.25, -0.2) is 8.42 Å². The van der Waals surface area contributed by atoms with Crippen molar-refractivity contribution < 1.29 is 13.2 Å². The molecule has 0 aliphatic carbocycles. The second kappa shape index (κ2) is 9.60. The molecular formula is C20H32N4O3S. The van der Waals surface area contributed by atoms with Crippen molar-refractivity contribution in [2.75, 3.05) is 45.3 Å². The van der Waals surface area contributed by atoms with Gasteiger partial charge in [0.1, 0.15) is 5.75 Å². The maximum absolute atomic E-state index is 11.6. The minimum Gasteiger partial charge on any atom is -0.497 e. The molecule has 2 N–H and O–H groups in total. The van der Waals surface area contributed by atoms with Crippen LogP contribution in [0, 0.1) is 5.92 Å². The third kappa shape index (κ3) is 6.10. The van der Waals surface area contributed by atoms with Gasteiger partial charge in [0, 0.05) is 26.2 Å². The zero-order valence-corrected chi connectivity index (χ0v) is 17.7. The average molecular weight is 409 g/mol. The number of methoxy groups -OCH3 is 1. The Kier molecular flexibility index (Phi) is 7.18. The van der Waals surface area contributed by atoms with Gasteiger partial charge in [0.15, 0.2) is 15.8 Å². The van der Waals surface area contributed by atoms with Crippen LogP contribution in [0.4, 0.5) is 0 Å². The lowest BCUT2D eigenvalue weighted by molar-refractivity contribution is 0.178. The van der Waals surface area contributed by atoms with Crippen LogP contribution in [0.3, 0.4) is 0 Å². The van der Waals surface area contributed by atoms with Gasteiger partial charge in [-0.05, 0) is 56.0 Å². The molecule has 1 unspecified atom stereocenters. The predicted octanol–water partition coefficient (Wildman–Crippen LogP) is 1.26. The summed E-state index contributed by atoms with van der Waals surface area (Å²) in [6, 6.07) is 8.26. The second-order valence-corrected chi connectivity index (χ2v) is 9.99. The lowest BCUT2D eigenvalue weighted by atomic mass is 9.96. The van der Waals surface area contributed by atoms with Crippen LogP contribution < -0.4 is 15.4 Å². The van der Waals surface area contributed by atoms with Crippen molar-refractivity contribution in [1.29, 1.82) is 0 Å². The first-order valence-corrected chi connectivity index (χ1v) is 11.8. The van der Waals surface area contributed by atoms with Crippen LogP contribution in [-0.2, 0) is 16.4 Å². The molecule has 156 valence electrons. The molecule has 2 fully saturated rings. The number of hydrogen-bond acceptors (Lipinski definition) is 5. The number of hydrogen-bond donors (Lipinski definition) is 2. The van der Waals surface area contributed by atoms with Gasteiger partial charge >= 0.3 is 0 Å². The van der Waals surface area contributed by atoms with E-state index in [4.69, 9.17) is 4.74 Å². The summed E-state index contributed by atoms with van der Waals surface area (Å²) in [4.78, 5) is 6.74. The van der Waals surface area contributed by atoms with Crippen molar-refractivity contribution in [3.8, 4) is 5.75 Å². The van der Waals surface area contributed by atoms with E-state index in [2.05, 4.69) is 32.7 Å². The summed E-state index contributed by atoms with van der Waals surface area (Å²) in [6.07, 6.45) is 2.96. The van der Waals surface area contributed by atoms with Crippen molar-refractivity contribution in [3.63, 3.8) is 0 Å². The third-order valence-electron chi connectivity index (χ3n) is 5.63. The first-order valence-electron chi connectivity index (χ1n) is 10.0. The van der Waals surface area contributed by atoms with Crippen LogP contribution in [0.2, 0.25) is 0 Å². The molecule has 2 aliphatic rings. The predicted molar refractivity (Wildman–Crippen MR) is 113 cm³/mol. The van der Waals surface area contributed by atoms with E-state index in [1.54, 1.807) is 14.2 Å². The summed E-state index contributed by atoms with van der Waals surface area (Å²) in [7, 11) is 0.542. The fourth-order valence-corrected chi connectivity index (χ4v) is 5.55. The number of likely N-dealkylation sites (tertiary alicyclic amines) is 1. The molecule has 2 saturated heterocycles. The molecule has 1 aromatic carbocycles. The quantitative estimate of drug-likeness (QED) is 0.545. The minimum atomic E-state index is -2.88. The number of sulfone groups is 1. The lowest BCUT2D eigenvalue weighted by Gasteiger charge is -2.32. The Hall–Kier alpha value is -1.80. The number of benzene rings is 1. The van der Waals surface area contributed by atoms with Crippen molar-refractivity contribution >= 4 is 15.8 Å². The summed E-state index contributed by atoms with van der Waals surface area (Å²) in [5.74, 6) is 2.69. The van der Waals surface area contributed by atoms with Gasteiger partial charge in [0.05, 0.1) is 18.6 Å². The topological polar surface area (TPSA) is 83.0 Å². The summed E-state index contributed by atoms with van der Waals surface area (Å²) >= 11 is 0. The van der Waals surface area contributed by atoms with E-state index in [1.165, 1.54) is 5.56 Å². The van der Waals surface area contributed by atoms with E-state index in [1.807, 2.05) is 12.1 Å². The maximum Gasteiger partial charge on any atom is 0.191 e. The monoisotopic (exact) mass is 408 g/mol. The van der Waals surface area contributed by atoms with Crippen LogP contribution in [0.25, 0.3) is 0 Å². The average Bonchev–Trinajstić information content (AvgIpc) is 3.05. The van der Waals surface area contributed by atoms with Crippen LogP contribution in [0.1, 0.15) is 24.8 Å². The van der Waals surface area contributed by atoms with Gasteiger partial charge in [-0.15, -0.1) is 0 Å². The molecule has 28 heavy (non-hydrogen) atoms. The largest absolute Gasteiger partial charge is 0.497 e. The zero-order chi connectivity index (χ0) is 20.0. The van der Waals surface area contributed by atoms with E-state index < -0.39 is 9.84 Å². The Morgan fingerprint density at radius 3 is 2.50 bits per heavy atom. The van der Waals surface area contributed by atoms with Gasteiger partial charge < -0.3 is 15.4 Å². The number of nitrogens with one attached hydrogen (secondary N) is 2. The first kappa shape index (κ1) is 20.9. The molecule has 7 nitrogen and oxygen atoms in total. The van der Waals surface area contributed by atoms with Crippen molar-refractivity contribution in [3.05, 3.63) is 29.8 Å². The molecule has 0 saturated carbocycles. The number of aliphatic imine (C=N–C) groups is 1. The van der Waals surface area contributed by atoms with Crippen LogP contribution in [0.5, 0.6) is 5.75 Å². The fourth-order valence-electron chi connectivity index (χ4n) is 3.88. The van der Waals surface area contributed by atoms with Crippen LogP contribution >= 0.6 is 0 Å².